The first-order valence-corrected chi connectivity index (χ1v) is 13.0. The smallest absolute Gasteiger partial charge is 0.254 e. The van der Waals surface area contributed by atoms with Gasteiger partial charge >= 0.3 is 0 Å². The Morgan fingerprint density at radius 2 is 1.69 bits per heavy atom. The normalized spacial score (nSPS) is 17.7. The van der Waals surface area contributed by atoms with Crippen LogP contribution in [0.15, 0.2) is 73.1 Å². The van der Waals surface area contributed by atoms with Gasteiger partial charge in [0.25, 0.3) is 5.82 Å². The van der Waals surface area contributed by atoms with Crippen LogP contribution in [0, 0.1) is 24.7 Å². The number of nitrogens with zero attached hydrogens (tertiary/aromatic N) is 2. The predicted octanol–water partition coefficient (Wildman–Crippen LogP) is 5.48. The lowest BCUT2D eigenvalue weighted by molar-refractivity contribution is -0.690. The number of hydrogen-bond donors (Lipinski definition) is 1. The number of unbranched alkanes of at least 4 members (excludes halogenated alkanes) is 3. The number of nitrogens with two attached hydrogens (primary N) is 1. The molecule has 0 radical (unpaired) electrons. The van der Waals surface area contributed by atoms with E-state index in [1.54, 1.807) is 0 Å². The Morgan fingerprint density at radius 1 is 1.03 bits per heavy atom. The average molecular weight is 469 g/mol. The van der Waals surface area contributed by atoms with E-state index < -0.39 is 5.41 Å². The van der Waals surface area contributed by atoms with E-state index in [1.807, 2.05) is 36.4 Å². The van der Waals surface area contributed by atoms with Crippen LogP contribution in [0.2, 0.25) is 0 Å². The summed E-state index contributed by atoms with van der Waals surface area (Å²) in [5.74, 6) is 7.73. The van der Waals surface area contributed by atoms with Gasteiger partial charge in [0.15, 0.2) is 6.54 Å². The Morgan fingerprint density at radius 3 is 2.29 bits per heavy atom. The lowest BCUT2D eigenvalue weighted by Crippen LogP contribution is -2.47. The third-order valence-electron chi connectivity index (χ3n) is 7.73. The van der Waals surface area contributed by atoms with Crippen molar-refractivity contribution < 1.29 is 9.36 Å². The van der Waals surface area contributed by atoms with Crippen molar-refractivity contribution in [1.82, 2.24) is 4.57 Å². The number of imidazole rings is 1. The summed E-state index contributed by atoms with van der Waals surface area (Å²) in [6.45, 7) is 5.11. The van der Waals surface area contributed by atoms with Crippen molar-refractivity contribution in [3.05, 3.63) is 90.0 Å². The van der Waals surface area contributed by atoms with Crippen LogP contribution >= 0.6 is 0 Å². The number of benzene rings is 2. The van der Waals surface area contributed by atoms with Gasteiger partial charge in [-0.15, -0.1) is 0 Å². The monoisotopic (exact) mass is 468 g/mol. The molecule has 4 rings (SSSR count). The van der Waals surface area contributed by atoms with E-state index in [2.05, 4.69) is 71.5 Å². The second-order valence-corrected chi connectivity index (χ2v) is 9.76. The third kappa shape index (κ3) is 5.05. The van der Waals surface area contributed by atoms with E-state index in [4.69, 9.17) is 5.73 Å². The summed E-state index contributed by atoms with van der Waals surface area (Å²) in [6.07, 6.45) is 11.8. The van der Waals surface area contributed by atoms with Crippen molar-refractivity contribution in [2.75, 3.05) is 0 Å². The van der Waals surface area contributed by atoms with E-state index in [0.29, 0.717) is 6.04 Å². The minimum Gasteiger partial charge on any atom is -0.369 e. The molecule has 0 saturated heterocycles. The molecule has 3 aromatic rings. The Balaban J connectivity index is 1.59. The van der Waals surface area contributed by atoms with Crippen LogP contribution in [-0.2, 0) is 16.8 Å². The lowest BCUT2D eigenvalue weighted by atomic mass is 9.64. The van der Waals surface area contributed by atoms with Crippen molar-refractivity contribution >= 4 is 5.91 Å². The highest BCUT2D eigenvalue weighted by atomic mass is 16.1. The maximum Gasteiger partial charge on any atom is 0.254 e. The molecule has 0 aliphatic heterocycles. The standard InChI is InChI=1S/C31H37N3O/c1-3-4-5-6-7-14-21-33-22-23-34(25(33)2)29-20-19-28(24-29)31(30(32)35,26-15-10-8-11-16-26)27-17-12-9-13-18-27/h8-13,15-18,22-23,28-29H,3-6,19-21,24H2,1-2H3,(H-,32,35)/p+1. The van der Waals surface area contributed by atoms with Gasteiger partial charge in [-0.1, -0.05) is 92.3 Å². The largest absolute Gasteiger partial charge is 0.369 e. The average Bonchev–Trinajstić information content (AvgIpc) is 3.50. The van der Waals surface area contributed by atoms with Gasteiger partial charge in [0, 0.05) is 13.3 Å². The van der Waals surface area contributed by atoms with Crippen molar-refractivity contribution in [3.8, 4) is 11.8 Å². The SMILES string of the molecule is CCCCCC#CC[n+]1ccn(C2CCC(C(C(N)=O)(c3ccccc3)c3ccccc3)C2)c1C. The summed E-state index contributed by atoms with van der Waals surface area (Å²) in [4.78, 5) is 13.3. The number of amides is 1. The number of carbonyl (C=O) groups is 1. The van der Waals surface area contributed by atoms with Crippen molar-refractivity contribution in [1.29, 1.82) is 0 Å². The Bertz CT molecular complexity index is 1130. The van der Waals surface area contributed by atoms with Crippen LogP contribution in [0.1, 0.15) is 74.9 Å². The highest BCUT2D eigenvalue weighted by molar-refractivity contribution is 5.91. The van der Waals surface area contributed by atoms with E-state index in [9.17, 15) is 4.79 Å². The maximum atomic E-state index is 13.3. The molecule has 1 aliphatic rings. The summed E-state index contributed by atoms with van der Waals surface area (Å²) in [7, 11) is 0. The molecular formula is C31H38N3O+. The fourth-order valence-electron chi connectivity index (χ4n) is 5.89. The molecule has 35 heavy (non-hydrogen) atoms. The zero-order chi connectivity index (χ0) is 24.7. The van der Waals surface area contributed by atoms with Gasteiger partial charge in [0.2, 0.25) is 5.91 Å². The number of primary amides is 1. The van der Waals surface area contributed by atoms with Crippen molar-refractivity contribution in [3.63, 3.8) is 0 Å². The van der Waals surface area contributed by atoms with E-state index >= 15 is 0 Å². The van der Waals surface area contributed by atoms with E-state index in [-0.39, 0.29) is 11.8 Å². The Kier molecular flexibility index (Phi) is 8.08. The molecule has 1 aliphatic carbocycles. The van der Waals surface area contributed by atoms with E-state index in [0.717, 1.165) is 43.4 Å². The maximum absolute atomic E-state index is 13.3. The molecule has 0 spiro atoms. The Hall–Kier alpha value is -3.32. The van der Waals surface area contributed by atoms with Crippen molar-refractivity contribution in [2.24, 2.45) is 11.7 Å². The fraction of sp³-hybridized carbons (Fsp3) is 0.419. The number of carbonyl (C=O) groups excluding carboxylic acids is 1. The molecular weight excluding hydrogens is 430 g/mol. The van der Waals surface area contributed by atoms with Gasteiger partial charge in [-0.25, -0.2) is 9.13 Å². The predicted molar refractivity (Wildman–Crippen MR) is 141 cm³/mol. The number of hydrogen-bond acceptors (Lipinski definition) is 1. The van der Waals surface area contributed by atoms with Crippen LogP contribution in [0.3, 0.4) is 0 Å². The molecule has 1 aromatic heterocycles. The molecule has 182 valence electrons. The summed E-state index contributed by atoms with van der Waals surface area (Å²) in [6, 6.07) is 20.6. The second-order valence-electron chi connectivity index (χ2n) is 9.76. The molecule has 2 N–H and O–H groups in total. The molecule has 4 heteroatoms. The van der Waals surface area contributed by atoms with Crippen molar-refractivity contribution in [2.45, 2.75) is 76.8 Å². The quantitative estimate of drug-likeness (QED) is 0.252. The molecule has 1 saturated carbocycles. The zero-order valence-corrected chi connectivity index (χ0v) is 21.1. The lowest BCUT2D eigenvalue weighted by Gasteiger charge is -2.37. The highest BCUT2D eigenvalue weighted by Crippen LogP contribution is 2.49. The molecule has 2 atom stereocenters. The topological polar surface area (TPSA) is 51.9 Å². The number of aromatic nitrogens is 2. The summed E-state index contributed by atoms with van der Waals surface area (Å²) < 4.78 is 4.61. The van der Waals surface area contributed by atoms with Gasteiger partial charge in [0.05, 0.1) is 0 Å². The van der Waals surface area contributed by atoms with Crippen LogP contribution in [0.25, 0.3) is 0 Å². The molecule has 1 fully saturated rings. The van der Waals surface area contributed by atoms with Gasteiger partial charge in [-0.05, 0) is 42.7 Å². The Labute approximate surface area is 210 Å². The van der Waals surface area contributed by atoms with Gasteiger partial charge in [-0.3, -0.25) is 4.79 Å². The first-order valence-electron chi connectivity index (χ1n) is 13.0. The molecule has 1 heterocycles. The molecule has 0 bridgehead atoms. The second kappa shape index (κ2) is 11.4. The summed E-state index contributed by atoms with van der Waals surface area (Å²) in [5.41, 5.74) is 7.41. The minimum absolute atomic E-state index is 0.128. The van der Waals surface area contributed by atoms with Gasteiger partial charge in [-0.2, -0.15) is 0 Å². The van der Waals surface area contributed by atoms with Crippen LogP contribution in [0.4, 0.5) is 0 Å². The minimum atomic E-state index is -0.835. The third-order valence-corrected chi connectivity index (χ3v) is 7.73. The first kappa shape index (κ1) is 24.8. The zero-order valence-electron chi connectivity index (χ0n) is 21.1. The number of rotatable bonds is 9. The molecule has 1 amide bonds. The fourth-order valence-corrected chi connectivity index (χ4v) is 5.89. The summed E-state index contributed by atoms with van der Waals surface area (Å²) >= 11 is 0. The molecule has 2 unspecified atom stereocenters. The molecule has 4 nitrogen and oxygen atoms in total. The van der Waals surface area contributed by atoms with Gasteiger partial charge < -0.3 is 5.73 Å². The van der Waals surface area contributed by atoms with Crippen LogP contribution in [0.5, 0.6) is 0 Å². The summed E-state index contributed by atoms with van der Waals surface area (Å²) in [5, 5.41) is 0. The van der Waals surface area contributed by atoms with Gasteiger partial charge in [0.1, 0.15) is 23.9 Å². The highest BCUT2D eigenvalue weighted by Gasteiger charge is 2.51. The molecule has 2 aromatic carbocycles. The van der Waals surface area contributed by atoms with Crippen LogP contribution < -0.4 is 10.3 Å². The van der Waals surface area contributed by atoms with E-state index in [1.165, 1.54) is 25.1 Å². The first-order chi connectivity index (χ1) is 17.1. The van der Waals surface area contributed by atoms with Crippen LogP contribution in [-0.4, -0.2) is 10.5 Å².